The molecule has 2 aromatic rings. The predicted octanol–water partition coefficient (Wildman–Crippen LogP) is 3.60. The van der Waals surface area contributed by atoms with Crippen LogP contribution in [0, 0.1) is 0 Å². The molecule has 1 aliphatic rings. The number of nitrogens with one attached hydrogen (secondary N) is 1. The Morgan fingerprint density at radius 2 is 1.88 bits per heavy atom. The molecule has 1 N–H and O–H groups in total. The van der Waals surface area contributed by atoms with Crippen LogP contribution in [-0.4, -0.2) is 18.3 Å². The number of hydrogen-bond donors (Lipinski definition) is 1. The van der Waals surface area contributed by atoms with Crippen molar-refractivity contribution in [2.75, 3.05) is 7.11 Å². The van der Waals surface area contributed by atoms with Crippen LogP contribution >= 0.6 is 11.8 Å². The molecule has 122 valence electrons. The lowest BCUT2D eigenvalue weighted by molar-refractivity contribution is -0.115. The predicted molar refractivity (Wildman–Crippen MR) is 92.9 cm³/mol. The largest absolute Gasteiger partial charge is 0.493 e. The highest BCUT2D eigenvalue weighted by Crippen LogP contribution is 2.35. The zero-order chi connectivity index (χ0) is 16.9. The minimum atomic E-state index is -0.401. The first-order valence-corrected chi connectivity index (χ1v) is 8.07. The van der Waals surface area contributed by atoms with Crippen LogP contribution in [0.25, 0.3) is 6.08 Å². The van der Waals surface area contributed by atoms with Crippen molar-refractivity contribution in [1.29, 1.82) is 0 Å². The van der Waals surface area contributed by atoms with Gasteiger partial charge in [-0.15, -0.1) is 0 Å². The number of para-hydroxylation sites is 1. The summed E-state index contributed by atoms with van der Waals surface area (Å²) in [5, 5.41) is 1.86. The van der Waals surface area contributed by atoms with E-state index in [1.807, 2.05) is 36.4 Å². The Kier molecular flexibility index (Phi) is 4.86. The van der Waals surface area contributed by atoms with Crippen molar-refractivity contribution in [2.24, 2.45) is 0 Å². The fourth-order valence-corrected chi connectivity index (χ4v) is 2.93. The highest BCUT2D eigenvalue weighted by Gasteiger charge is 2.25. The Morgan fingerprint density at radius 1 is 1.08 bits per heavy atom. The molecule has 1 aliphatic heterocycles. The summed E-state index contributed by atoms with van der Waals surface area (Å²) in [4.78, 5) is 23.4. The van der Waals surface area contributed by atoms with E-state index in [-0.39, 0.29) is 5.24 Å². The SMILES string of the molecule is COc1cccc(/C=C2/SC(=O)NC2=O)c1OCc1ccccc1. The molecule has 0 unspecified atom stereocenters. The van der Waals surface area contributed by atoms with Gasteiger partial charge in [-0.3, -0.25) is 14.9 Å². The van der Waals surface area contributed by atoms with Crippen LogP contribution in [0.1, 0.15) is 11.1 Å². The van der Waals surface area contributed by atoms with E-state index in [2.05, 4.69) is 5.32 Å². The molecule has 0 atom stereocenters. The zero-order valence-electron chi connectivity index (χ0n) is 12.9. The Labute approximate surface area is 143 Å². The molecule has 5 nitrogen and oxygen atoms in total. The number of hydrogen-bond acceptors (Lipinski definition) is 5. The second-order valence-electron chi connectivity index (χ2n) is 5.01. The quantitative estimate of drug-likeness (QED) is 0.842. The van der Waals surface area contributed by atoms with Gasteiger partial charge in [0.2, 0.25) is 0 Å². The van der Waals surface area contributed by atoms with Crippen LogP contribution in [-0.2, 0) is 11.4 Å². The van der Waals surface area contributed by atoms with Crippen molar-refractivity contribution in [3.05, 3.63) is 64.6 Å². The van der Waals surface area contributed by atoms with E-state index >= 15 is 0 Å². The molecule has 24 heavy (non-hydrogen) atoms. The number of imide groups is 1. The van der Waals surface area contributed by atoms with E-state index in [0.29, 0.717) is 28.6 Å². The summed E-state index contributed by atoms with van der Waals surface area (Å²) in [6.07, 6.45) is 1.63. The van der Waals surface area contributed by atoms with Crippen molar-refractivity contribution in [3.8, 4) is 11.5 Å². The minimum Gasteiger partial charge on any atom is -0.493 e. The lowest BCUT2D eigenvalue weighted by atomic mass is 10.1. The molecule has 3 rings (SSSR count). The van der Waals surface area contributed by atoms with E-state index in [0.717, 1.165) is 17.3 Å². The summed E-state index contributed by atoms with van der Waals surface area (Å²) >= 11 is 0.870. The molecular formula is C18H15NO4S. The maximum Gasteiger partial charge on any atom is 0.290 e. The monoisotopic (exact) mass is 341 g/mol. The number of carbonyl (C=O) groups is 2. The van der Waals surface area contributed by atoms with Gasteiger partial charge in [0.15, 0.2) is 11.5 Å². The third-order valence-electron chi connectivity index (χ3n) is 3.38. The number of amides is 2. The van der Waals surface area contributed by atoms with Gasteiger partial charge in [-0.05, 0) is 29.5 Å². The average Bonchev–Trinajstić information content (AvgIpc) is 2.91. The van der Waals surface area contributed by atoms with E-state index in [1.165, 1.54) is 0 Å². The van der Waals surface area contributed by atoms with Gasteiger partial charge in [0.05, 0.1) is 12.0 Å². The van der Waals surface area contributed by atoms with Crippen LogP contribution in [0.2, 0.25) is 0 Å². The van der Waals surface area contributed by atoms with Crippen molar-refractivity contribution in [1.82, 2.24) is 5.32 Å². The second-order valence-corrected chi connectivity index (χ2v) is 6.02. The number of thioether (sulfide) groups is 1. The van der Waals surface area contributed by atoms with Gasteiger partial charge in [-0.1, -0.05) is 42.5 Å². The number of methoxy groups -OCH3 is 1. The number of carbonyl (C=O) groups excluding carboxylic acids is 2. The number of rotatable bonds is 5. The van der Waals surface area contributed by atoms with E-state index in [1.54, 1.807) is 25.3 Å². The maximum absolute atomic E-state index is 11.7. The van der Waals surface area contributed by atoms with E-state index in [9.17, 15) is 9.59 Å². The fraction of sp³-hybridized carbons (Fsp3) is 0.111. The van der Waals surface area contributed by atoms with Gasteiger partial charge in [-0.2, -0.15) is 0 Å². The highest BCUT2D eigenvalue weighted by molar-refractivity contribution is 8.18. The summed E-state index contributed by atoms with van der Waals surface area (Å²) in [6, 6.07) is 15.2. The van der Waals surface area contributed by atoms with Crippen LogP contribution in [0.5, 0.6) is 11.5 Å². The maximum atomic E-state index is 11.7. The molecule has 2 aromatic carbocycles. The third-order valence-corrected chi connectivity index (χ3v) is 4.19. The lowest BCUT2D eigenvalue weighted by Crippen LogP contribution is -2.17. The molecule has 1 heterocycles. The number of benzene rings is 2. The molecule has 0 spiro atoms. The second kappa shape index (κ2) is 7.23. The molecule has 0 bridgehead atoms. The Hall–Kier alpha value is -2.73. The first-order valence-electron chi connectivity index (χ1n) is 7.26. The lowest BCUT2D eigenvalue weighted by Gasteiger charge is -2.13. The molecule has 0 aliphatic carbocycles. The van der Waals surface area contributed by atoms with Gasteiger partial charge >= 0.3 is 0 Å². The molecule has 1 saturated heterocycles. The van der Waals surface area contributed by atoms with Crippen LogP contribution in [0.4, 0.5) is 4.79 Å². The summed E-state index contributed by atoms with van der Waals surface area (Å²) in [5.41, 5.74) is 1.70. The first kappa shape index (κ1) is 16.1. The zero-order valence-corrected chi connectivity index (χ0v) is 13.8. The average molecular weight is 341 g/mol. The van der Waals surface area contributed by atoms with Crippen molar-refractivity contribution >= 4 is 29.0 Å². The topological polar surface area (TPSA) is 64.6 Å². The van der Waals surface area contributed by atoms with Crippen LogP contribution in [0.3, 0.4) is 0 Å². The summed E-state index contributed by atoms with van der Waals surface area (Å²) in [6.45, 7) is 0.371. The van der Waals surface area contributed by atoms with Gasteiger partial charge in [0.1, 0.15) is 6.61 Å². The normalized spacial score (nSPS) is 15.5. The molecule has 1 fully saturated rings. The minimum absolute atomic E-state index is 0.331. The molecule has 0 saturated carbocycles. The van der Waals surface area contributed by atoms with Crippen LogP contribution in [0.15, 0.2) is 53.4 Å². The van der Waals surface area contributed by atoms with Crippen LogP contribution < -0.4 is 14.8 Å². The summed E-state index contributed by atoms with van der Waals surface area (Å²) in [7, 11) is 1.56. The standard InChI is InChI=1S/C18H15NO4S/c1-22-14-9-5-8-13(10-15-17(20)19-18(21)24-15)16(14)23-11-12-6-3-2-4-7-12/h2-10H,11H2,1H3,(H,19,20,21)/b15-10+. The summed E-state index contributed by atoms with van der Waals surface area (Å²) in [5.74, 6) is 0.695. The smallest absolute Gasteiger partial charge is 0.290 e. The summed E-state index contributed by atoms with van der Waals surface area (Å²) < 4.78 is 11.3. The molecule has 0 radical (unpaired) electrons. The third kappa shape index (κ3) is 3.60. The van der Waals surface area contributed by atoms with E-state index in [4.69, 9.17) is 9.47 Å². The molecule has 0 aromatic heterocycles. The Bertz CT molecular complexity index is 802. The number of ether oxygens (including phenoxy) is 2. The van der Waals surface area contributed by atoms with Gasteiger partial charge in [0, 0.05) is 5.56 Å². The highest BCUT2D eigenvalue weighted by atomic mass is 32.2. The molecular weight excluding hydrogens is 326 g/mol. The molecule has 2 amide bonds. The van der Waals surface area contributed by atoms with Crippen molar-refractivity contribution in [3.63, 3.8) is 0 Å². The van der Waals surface area contributed by atoms with Gasteiger partial charge < -0.3 is 9.47 Å². The Balaban J connectivity index is 1.90. The van der Waals surface area contributed by atoms with Crippen molar-refractivity contribution < 1.29 is 19.1 Å². The van der Waals surface area contributed by atoms with E-state index < -0.39 is 5.91 Å². The van der Waals surface area contributed by atoms with Gasteiger partial charge in [-0.25, -0.2) is 0 Å². The van der Waals surface area contributed by atoms with Gasteiger partial charge in [0.25, 0.3) is 11.1 Å². The first-order chi connectivity index (χ1) is 11.7. The molecule has 6 heteroatoms. The Morgan fingerprint density at radius 3 is 2.54 bits per heavy atom. The fourth-order valence-electron chi connectivity index (χ4n) is 2.25. The van der Waals surface area contributed by atoms with Crippen molar-refractivity contribution in [2.45, 2.75) is 6.61 Å².